The SMILES string of the molecule is CC1CCNCC1NC(=O)CCc1ccc2ccccc2c1. The number of hydrogen-bond donors (Lipinski definition) is 2. The first-order valence-electron chi connectivity index (χ1n) is 8.20. The van der Waals surface area contributed by atoms with Crippen LogP contribution >= 0.6 is 0 Å². The first-order chi connectivity index (χ1) is 10.7. The fourth-order valence-corrected chi connectivity index (χ4v) is 3.11. The smallest absolute Gasteiger partial charge is 0.220 e. The first kappa shape index (κ1) is 15.0. The lowest BCUT2D eigenvalue weighted by atomic mass is 9.94. The molecular weight excluding hydrogens is 272 g/mol. The van der Waals surface area contributed by atoms with Crippen molar-refractivity contribution in [1.82, 2.24) is 10.6 Å². The Morgan fingerprint density at radius 2 is 2.05 bits per heavy atom. The Labute approximate surface area is 132 Å². The summed E-state index contributed by atoms with van der Waals surface area (Å²) < 4.78 is 0. The number of piperidine rings is 1. The summed E-state index contributed by atoms with van der Waals surface area (Å²) in [6, 6.07) is 15.1. The Morgan fingerprint density at radius 3 is 2.86 bits per heavy atom. The monoisotopic (exact) mass is 296 g/mol. The van der Waals surface area contributed by atoms with Gasteiger partial charge >= 0.3 is 0 Å². The highest BCUT2D eigenvalue weighted by Crippen LogP contribution is 2.17. The van der Waals surface area contributed by atoms with Crippen molar-refractivity contribution in [3.63, 3.8) is 0 Å². The van der Waals surface area contributed by atoms with Crippen molar-refractivity contribution < 1.29 is 4.79 Å². The zero-order valence-electron chi connectivity index (χ0n) is 13.1. The lowest BCUT2D eigenvalue weighted by Crippen LogP contribution is -2.50. The summed E-state index contributed by atoms with van der Waals surface area (Å²) in [4.78, 5) is 12.2. The van der Waals surface area contributed by atoms with Crippen molar-refractivity contribution in [3.8, 4) is 0 Å². The summed E-state index contributed by atoms with van der Waals surface area (Å²) in [5, 5.41) is 9.01. The van der Waals surface area contributed by atoms with Crippen molar-refractivity contribution >= 4 is 16.7 Å². The summed E-state index contributed by atoms with van der Waals surface area (Å²) in [6.07, 6.45) is 2.49. The molecule has 2 atom stereocenters. The van der Waals surface area contributed by atoms with E-state index >= 15 is 0 Å². The summed E-state index contributed by atoms with van der Waals surface area (Å²) in [6.45, 7) is 4.17. The number of benzene rings is 2. The molecule has 3 rings (SSSR count). The molecule has 2 aromatic rings. The van der Waals surface area contributed by atoms with Crippen LogP contribution in [0.15, 0.2) is 42.5 Å². The van der Waals surface area contributed by atoms with E-state index in [1.54, 1.807) is 0 Å². The van der Waals surface area contributed by atoms with Crippen LogP contribution in [0.1, 0.15) is 25.3 Å². The van der Waals surface area contributed by atoms with Gasteiger partial charge in [0.25, 0.3) is 0 Å². The minimum atomic E-state index is 0.161. The maximum Gasteiger partial charge on any atom is 0.220 e. The molecule has 116 valence electrons. The lowest BCUT2D eigenvalue weighted by Gasteiger charge is -2.30. The lowest BCUT2D eigenvalue weighted by molar-refractivity contribution is -0.122. The van der Waals surface area contributed by atoms with Crippen LogP contribution in [0.2, 0.25) is 0 Å². The summed E-state index contributed by atoms with van der Waals surface area (Å²) in [5.74, 6) is 0.722. The van der Waals surface area contributed by atoms with E-state index in [0.717, 1.165) is 25.9 Å². The number of amides is 1. The molecule has 0 spiro atoms. The van der Waals surface area contributed by atoms with Gasteiger partial charge in [-0.25, -0.2) is 0 Å². The van der Waals surface area contributed by atoms with E-state index in [-0.39, 0.29) is 11.9 Å². The summed E-state index contributed by atoms with van der Waals surface area (Å²) in [7, 11) is 0. The zero-order valence-corrected chi connectivity index (χ0v) is 13.1. The number of aryl methyl sites for hydroxylation is 1. The zero-order chi connectivity index (χ0) is 15.4. The van der Waals surface area contributed by atoms with E-state index in [0.29, 0.717) is 12.3 Å². The average molecular weight is 296 g/mol. The van der Waals surface area contributed by atoms with Crippen molar-refractivity contribution in [2.75, 3.05) is 13.1 Å². The predicted octanol–water partition coefficient (Wildman–Crippen LogP) is 2.89. The molecule has 2 N–H and O–H groups in total. The molecule has 3 nitrogen and oxygen atoms in total. The van der Waals surface area contributed by atoms with Gasteiger partial charge in [0.1, 0.15) is 0 Å². The van der Waals surface area contributed by atoms with Gasteiger partial charge in [-0.2, -0.15) is 0 Å². The van der Waals surface area contributed by atoms with Gasteiger partial charge in [0.15, 0.2) is 0 Å². The number of carbonyl (C=O) groups excluding carboxylic acids is 1. The van der Waals surface area contributed by atoms with Crippen LogP contribution in [-0.2, 0) is 11.2 Å². The Morgan fingerprint density at radius 1 is 1.23 bits per heavy atom. The van der Waals surface area contributed by atoms with Crippen molar-refractivity contribution in [2.45, 2.75) is 32.2 Å². The average Bonchev–Trinajstić information content (AvgIpc) is 2.55. The van der Waals surface area contributed by atoms with Gasteiger partial charge in [0.2, 0.25) is 5.91 Å². The number of hydrogen-bond acceptors (Lipinski definition) is 2. The van der Waals surface area contributed by atoms with Crippen LogP contribution in [0.3, 0.4) is 0 Å². The summed E-state index contributed by atoms with van der Waals surface area (Å²) in [5.41, 5.74) is 1.23. The number of fused-ring (bicyclic) bond motifs is 1. The molecule has 0 radical (unpaired) electrons. The van der Waals surface area contributed by atoms with Crippen molar-refractivity contribution in [2.24, 2.45) is 5.92 Å². The second kappa shape index (κ2) is 6.93. The van der Waals surface area contributed by atoms with Gasteiger partial charge in [-0.15, -0.1) is 0 Å². The first-order valence-corrected chi connectivity index (χ1v) is 8.20. The molecule has 2 unspecified atom stereocenters. The molecular formula is C19H24N2O. The molecule has 1 aliphatic rings. The number of rotatable bonds is 4. The molecule has 1 saturated heterocycles. The van der Waals surface area contributed by atoms with Crippen LogP contribution in [-0.4, -0.2) is 25.0 Å². The maximum absolute atomic E-state index is 12.2. The van der Waals surface area contributed by atoms with Crippen LogP contribution in [0.4, 0.5) is 0 Å². The Kier molecular flexibility index (Phi) is 4.74. The quantitative estimate of drug-likeness (QED) is 0.911. The molecule has 22 heavy (non-hydrogen) atoms. The topological polar surface area (TPSA) is 41.1 Å². The second-order valence-electron chi connectivity index (χ2n) is 6.33. The largest absolute Gasteiger partial charge is 0.352 e. The number of nitrogens with one attached hydrogen (secondary N) is 2. The Bertz CT molecular complexity index is 653. The molecule has 3 heteroatoms. The minimum Gasteiger partial charge on any atom is -0.352 e. The van der Waals surface area contributed by atoms with Crippen LogP contribution in [0, 0.1) is 5.92 Å². The highest BCUT2D eigenvalue weighted by atomic mass is 16.1. The molecule has 0 aliphatic carbocycles. The van der Waals surface area contributed by atoms with E-state index in [4.69, 9.17) is 0 Å². The van der Waals surface area contributed by atoms with Gasteiger partial charge in [-0.1, -0.05) is 49.4 Å². The normalized spacial score (nSPS) is 21.7. The fraction of sp³-hybridized carbons (Fsp3) is 0.421. The number of carbonyl (C=O) groups is 1. The third-order valence-corrected chi connectivity index (χ3v) is 4.63. The highest BCUT2D eigenvalue weighted by molar-refractivity contribution is 5.83. The molecule has 2 aromatic carbocycles. The Balaban J connectivity index is 1.55. The molecule has 0 bridgehead atoms. The van der Waals surface area contributed by atoms with Crippen molar-refractivity contribution in [3.05, 3.63) is 48.0 Å². The van der Waals surface area contributed by atoms with E-state index in [1.807, 2.05) is 0 Å². The maximum atomic E-state index is 12.2. The molecule has 0 saturated carbocycles. The van der Waals surface area contributed by atoms with E-state index in [9.17, 15) is 4.79 Å². The van der Waals surface area contributed by atoms with E-state index in [1.165, 1.54) is 16.3 Å². The molecule has 0 aromatic heterocycles. The Hall–Kier alpha value is -1.87. The van der Waals surface area contributed by atoms with Crippen LogP contribution in [0.5, 0.6) is 0 Å². The van der Waals surface area contributed by atoms with E-state index in [2.05, 4.69) is 60.0 Å². The van der Waals surface area contributed by atoms with Gasteiger partial charge < -0.3 is 10.6 Å². The van der Waals surface area contributed by atoms with E-state index < -0.39 is 0 Å². The highest BCUT2D eigenvalue weighted by Gasteiger charge is 2.22. The minimum absolute atomic E-state index is 0.161. The van der Waals surface area contributed by atoms with Gasteiger partial charge in [0, 0.05) is 19.0 Å². The van der Waals surface area contributed by atoms with Gasteiger partial charge in [-0.3, -0.25) is 4.79 Å². The van der Waals surface area contributed by atoms with Gasteiger partial charge in [0.05, 0.1) is 0 Å². The van der Waals surface area contributed by atoms with Crippen molar-refractivity contribution in [1.29, 1.82) is 0 Å². The third kappa shape index (κ3) is 3.66. The van der Waals surface area contributed by atoms with Crippen LogP contribution < -0.4 is 10.6 Å². The summed E-state index contributed by atoms with van der Waals surface area (Å²) >= 11 is 0. The standard InChI is InChI=1S/C19H24N2O/c1-14-10-11-20-13-18(14)21-19(22)9-7-15-6-8-16-4-2-3-5-17(16)12-15/h2-6,8,12,14,18,20H,7,9-11,13H2,1H3,(H,21,22). The molecule has 1 heterocycles. The van der Waals surface area contributed by atoms with Gasteiger partial charge in [-0.05, 0) is 41.6 Å². The predicted molar refractivity (Wildman–Crippen MR) is 90.9 cm³/mol. The molecule has 1 amide bonds. The van der Waals surface area contributed by atoms with Crippen LogP contribution in [0.25, 0.3) is 10.8 Å². The second-order valence-corrected chi connectivity index (χ2v) is 6.33. The fourth-order valence-electron chi connectivity index (χ4n) is 3.11. The molecule has 1 aliphatic heterocycles. The third-order valence-electron chi connectivity index (χ3n) is 4.63. The molecule has 1 fully saturated rings.